The average molecular weight is 271 g/mol. The van der Waals surface area contributed by atoms with Crippen LogP contribution >= 0.6 is 0 Å². The minimum Gasteiger partial charge on any atom is -0.478 e. The highest BCUT2D eigenvalue weighted by atomic mass is 19.4. The molecule has 5 nitrogen and oxygen atoms in total. The Bertz CT molecular complexity index is 634. The molecule has 3 N–H and O–H groups in total. The van der Waals surface area contributed by atoms with Gasteiger partial charge in [-0.1, -0.05) is 0 Å². The number of nitrogens with two attached hydrogens (primary N) is 1. The molecule has 0 saturated heterocycles. The molecule has 0 atom stereocenters. The predicted octanol–water partition coefficient (Wildman–Crippen LogP) is 2.17. The van der Waals surface area contributed by atoms with Gasteiger partial charge in [0.25, 0.3) is 0 Å². The highest BCUT2D eigenvalue weighted by Crippen LogP contribution is 2.29. The molecule has 0 saturated carbocycles. The summed E-state index contributed by atoms with van der Waals surface area (Å²) < 4.78 is 38.2. The minimum absolute atomic E-state index is 0.0273. The van der Waals surface area contributed by atoms with Crippen molar-refractivity contribution in [2.24, 2.45) is 0 Å². The lowest BCUT2D eigenvalue weighted by atomic mass is 10.1. The fourth-order valence-corrected chi connectivity index (χ4v) is 1.48. The van der Waals surface area contributed by atoms with Crippen molar-refractivity contribution in [3.63, 3.8) is 0 Å². The van der Waals surface area contributed by atoms with Gasteiger partial charge in [0.05, 0.1) is 23.0 Å². The molecule has 0 unspecified atom stereocenters. The molecular weight excluding hydrogens is 263 g/mol. The van der Waals surface area contributed by atoms with Crippen molar-refractivity contribution in [3.05, 3.63) is 41.7 Å². The number of carboxylic acids is 1. The Labute approximate surface area is 105 Å². The summed E-state index contributed by atoms with van der Waals surface area (Å²) in [6.07, 6.45) is -3.06. The smallest absolute Gasteiger partial charge is 0.419 e. The molecule has 8 heteroatoms. The molecule has 0 fully saturated rings. The molecule has 0 radical (unpaired) electrons. The number of aromatic nitrogens is 2. The molecule has 0 aliphatic heterocycles. The normalized spacial score (nSPS) is 11.5. The Hall–Kier alpha value is -2.51. The third-order valence-corrected chi connectivity index (χ3v) is 2.44. The molecule has 0 amide bonds. The zero-order chi connectivity index (χ0) is 14.2. The van der Waals surface area contributed by atoms with Gasteiger partial charge < -0.3 is 10.8 Å². The molecule has 0 bridgehead atoms. The van der Waals surface area contributed by atoms with Crippen molar-refractivity contribution in [1.82, 2.24) is 9.78 Å². The molecule has 1 heterocycles. The molecule has 0 aliphatic rings. The average Bonchev–Trinajstić information content (AvgIpc) is 2.78. The van der Waals surface area contributed by atoms with Crippen LogP contribution in [0.25, 0.3) is 5.69 Å². The minimum atomic E-state index is -4.50. The third-order valence-electron chi connectivity index (χ3n) is 2.44. The lowest BCUT2D eigenvalue weighted by Gasteiger charge is -2.05. The molecule has 1 aromatic carbocycles. The van der Waals surface area contributed by atoms with E-state index in [9.17, 15) is 18.0 Å². The Morgan fingerprint density at radius 3 is 2.58 bits per heavy atom. The van der Waals surface area contributed by atoms with Crippen molar-refractivity contribution in [2.75, 3.05) is 5.73 Å². The largest absolute Gasteiger partial charge is 0.478 e. The second-order valence-corrected chi connectivity index (χ2v) is 3.75. The molecule has 2 rings (SSSR count). The lowest BCUT2D eigenvalue weighted by Crippen LogP contribution is -2.05. The second-order valence-electron chi connectivity index (χ2n) is 3.75. The van der Waals surface area contributed by atoms with E-state index in [4.69, 9.17) is 10.8 Å². The topological polar surface area (TPSA) is 81.1 Å². The SMILES string of the molecule is Nc1ccc(-n2cc(C(F)(F)F)cn2)cc1C(=O)O. The number of hydrogen-bond donors (Lipinski definition) is 2. The molecule has 1 aromatic heterocycles. The first-order valence-corrected chi connectivity index (χ1v) is 5.04. The number of rotatable bonds is 2. The number of aromatic carboxylic acids is 1. The number of benzene rings is 1. The van der Waals surface area contributed by atoms with Crippen LogP contribution in [-0.2, 0) is 6.18 Å². The number of carbonyl (C=O) groups is 1. The highest BCUT2D eigenvalue weighted by molar-refractivity contribution is 5.94. The highest BCUT2D eigenvalue weighted by Gasteiger charge is 2.32. The summed E-state index contributed by atoms with van der Waals surface area (Å²) in [6, 6.07) is 3.84. The van der Waals surface area contributed by atoms with Crippen LogP contribution in [0.3, 0.4) is 0 Å². The fourth-order valence-electron chi connectivity index (χ4n) is 1.48. The maximum atomic E-state index is 12.4. The van der Waals surface area contributed by atoms with Crippen LogP contribution in [0.15, 0.2) is 30.6 Å². The summed E-state index contributed by atoms with van der Waals surface area (Å²) in [5.41, 5.74) is 4.55. The molecular formula is C11H8F3N3O2. The van der Waals surface area contributed by atoms with Crippen molar-refractivity contribution in [3.8, 4) is 5.69 Å². The van der Waals surface area contributed by atoms with Gasteiger partial charge in [0.1, 0.15) is 0 Å². The summed E-state index contributed by atoms with van der Waals surface area (Å²) in [7, 11) is 0. The van der Waals surface area contributed by atoms with Gasteiger partial charge in [0.2, 0.25) is 0 Å². The number of alkyl halides is 3. The van der Waals surface area contributed by atoms with E-state index in [0.717, 1.165) is 16.9 Å². The van der Waals surface area contributed by atoms with Crippen molar-refractivity contribution in [2.45, 2.75) is 6.18 Å². The Morgan fingerprint density at radius 2 is 2.05 bits per heavy atom. The summed E-state index contributed by atoms with van der Waals surface area (Å²) in [5.74, 6) is -1.26. The number of hydrogen-bond acceptors (Lipinski definition) is 3. The van der Waals surface area contributed by atoms with E-state index in [-0.39, 0.29) is 16.9 Å². The first-order chi connectivity index (χ1) is 8.79. The van der Waals surface area contributed by atoms with E-state index in [2.05, 4.69) is 5.10 Å². The monoisotopic (exact) mass is 271 g/mol. The van der Waals surface area contributed by atoms with Gasteiger partial charge in [0.15, 0.2) is 0 Å². The lowest BCUT2D eigenvalue weighted by molar-refractivity contribution is -0.137. The van der Waals surface area contributed by atoms with Crippen molar-refractivity contribution in [1.29, 1.82) is 0 Å². The van der Waals surface area contributed by atoms with E-state index < -0.39 is 17.7 Å². The van der Waals surface area contributed by atoms with Crippen LogP contribution < -0.4 is 5.73 Å². The van der Waals surface area contributed by atoms with Gasteiger partial charge >= 0.3 is 12.1 Å². The zero-order valence-corrected chi connectivity index (χ0v) is 9.35. The van der Waals surface area contributed by atoms with Gasteiger partial charge in [-0.3, -0.25) is 0 Å². The summed E-state index contributed by atoms with van der Waals surface area (Å²) in [6.45, 7) is 0. The van der Waals surface area contributed by atoms with Crippen molar-refractivity contribution >= 4 is 11.7 Å². The van der Waals surface area contributed by atoms with Crippen LogP contribution in [0.4, 0.5) is 18.9 Å². The van der Waals surface area contributed by atoms with Gasteiger partial charge in [-0.25, -0.2) is 9.48 Å². The molecule has 0 aliphatic carbocycles. The van der Waals surface area contributed by atoms with E-state index in [0.29, 0.717) is 6.20 Å². The number of nitrogen functional groups attached to an aromatic ring is 1. The van der Waals surface area contributed by atoms with Crippen LogP contribution in [0.5, 0.6) is 0 Å². The number of nitrogens with zero attached hydrogens (tertiary/aromatic N) is 2. The molecule has 100 valence electrons. The maximum Gasteiger partial charge on any atom is 0.419 e. The van der Waals surface area contributed by atoms with Gasteiger partial charge in [0, 0.05) is 11.9 Å². The van der Waals surface area contributed by atoms with Crippen LogP contribution in [0.1, 0.15) is 15.9 Å². The van der Waals surface area contributed by atoms with Crippen LogP contribution in [0, 0.1) is 0 Å². The zero-order valence-electron chi connectivity index (χ0n) is 9.35. The molecule has 19 heavy (non-hydrogen) atoms. The first kappa shape index (κ1) is 12.9. The van der Waals surface area contributed by atoms with Crippen LogP contribution in [0.2, 0.25) is 0 Å². The van der Waals surface area contributed by atoms with Gasteiger partial charge in [-0.15, -0.1) is 0 Å². The van der Waals surface area contributed by atoms with Crippen LogP contribution in [-0.4, -0.2) is 20.9 Å². The Balaban J connectivity index is 2.45. The predicted molar refractivity (Wildman–Crippen MR) is 59.9 cm³/mol. The van der Waals surface area contributed by atoms with E-state index in [1.807, 2.05) is 0 Å². The maximum absolute atomic E-state index is 12.4. The second kappa shape index (κ2) is 4.30. The van der Waals surface area contributed by atoms with Crippen molar-refractivity contribution < 1.29 is 23.1 Å². The fraction of sp³-hybridized carbons (Fsp3) is 0.0909. The van der Waals surface area contributed by atoms with E-state index >= 15 is 0 Å². The van der Waals surface area contributed by atoms with Gasteiger partial charge in [-0.05, 0) is 18.2 Å². The molecule has 2 aromatic rings. The Kier molecular flexibility index (Phi) is 2.93. The van der Waals surface area contributed by atoms with E-state index in [1.165, 1.54) is 12.1 Å². The standard InChI is InChI=1S/C11H8F3N3O2/c12-11(13,14)6-4-16-17(5-6)7-1-2-9(15)8(3-7)10(18)19/h1-5H,15H2,(H,18,19). The number of anilines is 1. The van der Waals surface area contributed by atoms with Gasteiger partial charge in [-0.2, -0.15) is 18.3 Å². The summed E-state index contributed by atoms with van der Waals surface area (Å²) in [5, 5.41) is 12.4. The quantitative estimate of drug-likeness (QED) is 0.820. The Morgan fingerprint density at radius 1 is 1.37 bits per heavy atom. The van der Waals surface area contributed by atoms with E-state index in [1.54, 1.807) is 0 Å². The number of halogens is 3. The summed E-state index contributed by atoms with van der Waals surface area (Å²) in [4.78, 5) is 10.9. The number of carboxylic acid groups (broad SMARTS) is 1. The third kappa shape index (κ3) is 2.51. The summed E-state index contributed by atoms with van der Waals surface area (Å²) >= 11 is 0. The molecule has 0 spiro atoms. The first-order valence-electron chi connectivity index (χ1n) is 5.04.